The van der Waals surface area contributed by atoms with Gasteiger partial charge in [0, 0.05) is 18.0 Å². The van der Waals surface area contributed by atoms with Gasteiger partial charge in [0.05, 0.1) is 44.2 Å². The van der Waals surface area contributed by atoms with Crippen LogP contribution in [0.3, 0.4) is 0 Å². The van der Waals surface area contributed by atoms with Gasteiger partial charge in [0.15, 0.2) is 0 Å². The molecule has 3 rings (SSSR count). The molecule has 6 nitrogen and oxygen atoms in total. The lowest BCUT2D eigenvalue weighted by molar-refractivity contribution is -0.930. The minimum Gasteiger partial charge on any atom is -0.358 e. The second kappa shape index (κ2) is 8.77. The molecule has 0 unspecified atom stereocenters. The molecule has 0 spiro atoms. The topological polar surface area (TPSA) is 66.7 Å². The van der Waals surface area contributed by atoms with Gasteiger partial charge in [-0.3, -0.25) is 4.98 Å². The predicted molar refractivity (Wildman–Crippen MR) is 104 cm³/mol. The van der Waals surface area contributed by atoms with Crippen molar-refractivity contribution < 1.29 is 17.7 Å². The first-order chi connectivity index (χ1) is 13.0. The van der Waals surface area contributed by atoms with Crippen molar-refractivity contribution in [3.05, 3.63) is 60.2 Å². The third-order valence-corrected chi connectivity index (χ3v) is 6.43. The summed E-state index contributed by atoms with van der Waals surface area (Å²) in [4.78, 5) is 7.51. The molecule has 1 aliphatic rings. The number of benzene rings is 1. The average molecular weight is 394 g/mol. The van der Waals surface area contributed by atoms with Gasteiger partial charge in [0.1, 0.15) is 11.9 Å². The van der Waals surface area contributed by atoms with Gasteiger partial charge in [-0.1, -0.05) is 12.1 Å². The van der Waals surface area contributed by atoms with E-state index in [-0.39, 0.29) is 17.6 Å². The second-order valence-corrected chi connectivity index (χ2v) is 8.78. The van der Waals surface area contributed by atoms with E-state index in [4.69, 9.17) is 0 Å². The largest absolute Gasteiger partial charge is 0.358 e. The maximum Gasteiger partial charge on any atom is 0.211 e. The summed E-state index contributed by atoms with van der Waals surface area (Å²) in [7, 11) is -3.26. The van der Waals surface area contributed by atoms with E-state index in [1.807, 2.05) is 18.2 Å². The van der Waals surface area contributed by atoms with Gasteiger partial charge in [-0.25, -0.2) is 17.5 Å². The quantitative estimate of drug-likeness (QED) is 0.723. The molecule has 146 valence electrons. The van der Waals surface area contributed by atoms with Gasteiger partial charge in [-0.05, 0) is 31.2 Å². The van der Waals surface area contributed by atoms with Crippen LogP contribution in [0.4, 0.5) is 10.1 Å². The first-order valence-electron chi connectivity index (χ1n) is 9.21. The molecule has 27 heavy (non-hydrogen) atoms. The number of piperazine rings is 1. The number of sulfonamides is 1. The van der Waals surface area contributed by atoms with Gasteiger partial charge in [-0.15, -0.1) is 0 Å². The average Bonchev–Trinajstić information content (AvgIpc) is 2.70. The minimum atomic E-state index is -3.26. The maximum atomic E-state index is 14.1. The van der Waals surface area contributed by atoms with E-state index >= 15 is 0 Å². The molecule has 1 aromatic carbocycles. The van der Waals surface area contributed by atoms with Crippen LogP contribution in [0.1, 0.15) is 18.5 Å². The molecule has 2 N–H and O–H groups in total. The van der Waals surface area contributed by atoms with Crippen LogP contribution in [0.2, 0.25) is 0 Å². The van der Waals surface area contributed by atoms with Crippen LogP contribution >= 0.6 is 0 Å². The fraction of sp³-hybridized carbons (Fsp3) is 0.421. The van der Waals surface area contributed by atoms with Crippen molar-refractivity contribution in [2.24, 2.45) is 0 Å². The number of para-hydroxylation sites is 1. The SMILES string of the molecule is CCS(=O)(=O)NC[C@H](c1cccnc1)[NH+]1CCN(c2ccccc2F)CC1. The molecular weight excluding hydrogens is 367 g/mol. The normalized spacial score (nSPS) is 17.0. The molecule has 1 fully saturated rings. The van der Waals surface area contributed by atoms with Crippen LogP contribution in [0.25, 0.3) is 0 Å². The molecule has 0 bridgehead atoms. The van der Waals surface area contributed by atoms with Gasteiger partial charge in [-0.2, -0.15) is 0 Å². The number of hydrogen-bond donors (Lipinski definition) is 2. The zero-order chi connectivity index (χ0) is 19.3. The Labute approximate surface area is 160 Å². The molecule has 2 aromatic rings. The Morgan fingerprint density at radius 2 is 1.96 bits per heavy atom. The number of anilines is 1. The number of quaternary nitrogens is 1. The molecule has 1 atom stereocenters. The van der Waals surface area contributed by atoms with Crippen LogP contribution in [-0.2, 0) is 10.0 Å². The van der Waals surface area contributed by atoms with Gasteiger partial charge >= 0.3 is 0 Å². The summed E-state index contributed by atoms with van der Waals surface area (Å²) >= 11 is 0. The lowest BCUT2D eigenvalue weighted by atomic mass is 10.1. The van der Waals surface area contributed by atoms with E-state index in [9.17, 15) is 12.8 Å². The molecule has 0 amide bonds. The summed E-state index contributed by atoms with van der Waals surface area (Å²) in [5.41, 5.74) is 1.63. The minimum absolute atomic E-state index is 0.0252. The third-order valence-electron chi connectivity index (χ3n) is 5.07. The Morgan fingerprint density at radius 1 is 1.22 bits per heavy atom. The number of halogens is 1. The van der Waals surface area contributed by atoms with Crippen molar-refractivity contribution in [3.8, 4) is 0 Å². The Morgan fingerprint density at radius 3 is 2.59 bits per heavy atom. The summed E-state index contributed by atoms with van der Waals surface area (Å²) in [6.45, 7) is 4.98. The van der Waals surface area contributed by atoms with E-state index in [0.29, 0.717) is 25.3 Å². The summed E-state index contributed by atoms with van der Waals surface area (Å²) in [6.07, 6.45) is 3.50. The number of nitrogens with one attached hydrogen (secondary N) is 2. The monoisotopic (exact) mass is 393 g/mol. The van der Waals surface area contributed by atoms with Gasteiger partial charge < -0.3 is 9.80 Å². The van der Waals surface area contributed by atoms with Crippen LogP contribution in [0.5, 0.6) is 0 Å². The Hall–Kier alpha value is -2.03. The highest BCUT2D eigenvalue weighted by atomic mass is 32.2. The standard InChI is InChI=1S/C19H25FN4O2S/c1-2-27(25,26)22-15-19(16-6-5-9-21-14-16)24-12-10-23(11-13-24)18-8-4-3-7-17(18)20/h3-9,14,19,22H,2,10-13,15H2,1H3/p+1/t19-/m1/s1. The summed E-state index contributed by atoms with van der Waals surface area (Å²) in [5, 5.41) is 0. The zero-order valence-corrected chi connectivity index (χ0v) is 16.3. The molecule has 1 saturated heterocycles. The van der Waals surface area contributed by atoms with E-state index in [1.165, 1.54) is 11.0 Å². The van der Waals surface area contributed by atoms with E-state index in [1.54, 1.807) is 31.5 Å². The van der Waals surface area contributed by atoms with Crippen LogP contribution in [0.15, 0.2) is 48.8 Å². The molecule has 0 saturated carbocycles. The maximum absolute atomic E-state index is 14.1. The molecule has 1 aliphatic heterocycles. The van der Waals surface area contributed by atoms with Crippen molar-refractivity contribution in [2.45, 2.75) is 13.0 Å². The van der Waals surface area contributed by atoms with Crippen LogP contribution in [-0.4, -0.2) is 51.9 Å². The van der Waals surface area contributed by atoms with E-state index in [2.05, 4.69) is 14.6 Å². The molecule has 0 aliphatic carbocycles. The van der Waals surface area contributed by atoms with Crippen LogP contribution in [0, 0.1) is 5.82 Å². The number of pyridine rings is 1. The van der Waals surface area contributed by atoms with Crippen molar-refractivity contribution in [3.63, 3.8) is 0 Å². The molecule has 8 heteroatoms. The molecule has 2 heterocycles. The first kappa shape index (κ1) is 19.7. The third kappa shape index (κ3) is 5.03. The first-order valence-corrected chi connectivity index (χ1v) is 10.9. The summed E-state index contributed by atoms with van der Waals surface area (Å²) in [6, 6.07) is 10.6. The zero-order valence-electron chi connectivity index (χ0n) is 15.4. The smallest absolute Gasteiger partial charge is 0.211 e. The van der Waals surface area contributed by atoms with E-state index in [0.717, 1.165) is 18.7 Å². The highest BCUT2D eigenvalue weighted by Crippen LogP contribution is 2.18. The van der Waals surface area contributed by atoms with Gasteiger partial charge in [0.25, 0.3) is 0 Å². The molecular formula is C19H26FN4O2S+. The van der Waals surface area contributed by atoms with Gasteiger partial charge in [0.2, 0.25) is 10.0 Å². The molecule has 0 radical (unpaired) electrons. The Bertz CT molecular complexity index is 840. The highest BCUT2D eigenvalue weighted by molar-refractivity contribution is 7.89. The van der Waals surface area contributed by atoms with E-state index < -0.39 is 10.0 Å². The second-order valence-electron chi connectivity index (χ2n) is 6.69. The number of hydrogen-bond acceptors (Lipinski definition) is 4. The molecule has 1 aromatic heterocycles. The highest BCUT2D eigenvalue weighted by Gasteiger charge is 2.30. The Balaban J connectivity index is 1.71. The number of nitrogens with zero attached hydrogens (tertiary/aromatic N) is 2. The number of aromatic nitrogens is 1. The Kier molecular flexibility index (Phi) is 6.41. The van der Waals surface area contributed by atoms with Crippen molar-refractivity contribution >= 4 is 15.7 Å². The summed E-state index contributed by atoms with van der Waals surface area (Å²) in [5.74, 6) is -0.149. The lowest BCUT2D eigenvalue weighted by Gasteiger charge is -2.37. The lowest BCUT2D eigenvalue weighted by Crippen LogP contribution is -3.15. The van der Waals surface area contributed by atoms with Crippen LogP contribution < -0.4 is 14.5 Å². The predicted octanol–water partition coefficient (Wildman–Crippen LogP) is 0.606. The van der Waals surface area contributed by atoms with Crippen molar-refractivity contribution in [2.75, 3.05) is 43.4 Å². The fourth-order valence-electron chi connectivity index (χ4n) is 3.48. The van der Waals surface area contributed by atoms with Crippen molar-refractivity contribution in [1.29, 1.82) is 0 Å². The fourth-order valence-corrected chi connectivity index (χ4v) is 4.11. The number of rotatable bonds is 7. The van der Waals surface area contributed by atoms with Crippen molar-refractivity contribution in [1.82, 2.24) is 9.71 Å². The summed E-state index contributed by atoms with van der Waals surface area (Å²) < 4.78 is 40.6.